The van der Waals surface area contributed by atoms with Crippen molar-refractivity contribution in [3.05, 3.63) is 34.9 Å². The van der Waals surface area contributed by atoms with Crippen molar-refractivity contribution in [2.45, 2.75) is 32.5 Å². The number of benzene rings is 1. The highest BCUT2D eigenvalue weighted by atomic mass is 19.4. The van der Waals surface area contributed by atoms with Gasteiger partial charge >= 0.3 is 12.1 Å². The summed E-state index contributed by atoms with van der Waals surface area (Å²) in [6.07, 6.45) is -4.66. The number of alkyl halides is 3. The molecule has 1 aromatic carbocycles. The monoisotopic (exact) mass is 328 g/mol. The first kappa shape index (κ1) is 17.0. The molecule has 124 valence electrons. The normalized spacial score (nSPS) is 21.3. The van der Waals surface area contributed by atoms with Crippen LogP contribution in [0.2, 0.25) is 0 Å². The van der Waals surface area contributed by atoms with Crippen molar-refractivity contribution in [3.8, 4) is 0 Å². The molecule has 8 heteroatoms. The number of amidine groups is 1. The van der Waals surface area contributed by atoms with E-state index in [2.05, 4.69) is 10.3 Å². The number of carbonyl (C=O) groups excluding carboxylic acids is 1. The number of rotatable bonds is 3. The van der Waals surface area contributed by atoms with Crippen LogP contribution >= 0.6 is 0 Å². The molecule has 23 heavy (non-hydrogen) atoms. The van der Waals surface area contributed by atoms with Crippen LogP contribution in [0.1, 0.15) is 42.3 Å². The molecule has 1 aliphatic heterocycles. The van der Waals surface area contributed by atoms with Gasteiger partial charge < -0.3 is 10.4 Å². The molecule has 1 heterocycles. The van der Waals surface area contributed by atoms with Crippen LogP contribution in [0.4, 0.5) is 13.2 Å². The summed E-state index contributed by atoms with van der Waals surface area (Å²) in [4.78, 5) is 27.6. The third-order valence-corrected chi connectivity index (χ3v) is 3.99. The van der Waals surface area contributed by atoms with E-state index in [1.165, 1.54) is 0 Å². The van der Waals surface area contributed by atoms with E-state index in [0.717, 1.165) is 12.1 Å². The molecule has 0 radical (unpaired) electrons. The van der Waals surface area contributed by atoms with Gasteiger partial charge in [-0.2, -0.15) is 13.2 Å². The van der Waals surface area contributed by atoms with Gasteiger partial charge in [0.25, 0.3) is 5.91 Å². The number of hydrogen-bond donors (Lipinski definition) is 2. The Hall–Kier alpha value is -2.38. The van der Waals surface area contributed by atoms with E-state index in [-0.39, 0.29) is 17.3 Å². The van der Waals surface area contributed by atoms with Crippen molar-refractivity contribution in [3.63, 3.8) is 0 Å². The van der Waals surface area contributed by atoms with E-state index < -0.39 is 34.7 Å². The molecule has 1 atom stereocenters. The summed E-state index contributed by atoms with van der Waals surface area (Å²) in [5.74, 6) is -2.14. The molecule has 5 nitrogen and oxygen atoms in total. The van der Waals surface area contributed by atoms with Crippen LogP contribution in [0, 0.1) is 5.92 Å². The van der Waals surface area contributed by atoms with Crippen LogP contribution in [0.5, 0.6) is 0 Å². The predicted octanol–water partition coefficient (Wildman–Crippen LogP) is 2.69. The molecule has 0 aromatic heterocycles. The summed E-state index contributed by atoms with van der Waals surface area (Å²) in [6.45, 7) is 5.14. The summed E-state index contributed by atoms with van der Waals surface area (Å²) in [7, 11) is 0. The molecule has 1 aromatic rings. The fraction of sp³-hybridized carbons (Fsp3) is 0.400. The minimum atomic E-state index is -4.66. The van der Waals surface area contributed by atoms with Crippen molar-refractivity contribution in [2.75, 3.05) is 0 Å². The number of carbonyl (C=O) groups is 2. The smallest absolute Gasteiger partial charge is 0.416 e. The summed E-state index contributed by atoms with van der Waals surface area (Å²) in [5, 5.41) is 11.6. The Labute approximate surface area is 130 Å². The fourth-order valence-corrected chi connectivity index (χ4v) is 2.17. The third kappa shape index (κ3) is 2.93. The lowest BCUT2D eigenvalue weighted by Gasteiger charge is -2.21. The maximum atomic E-state index is 12.7. The third-order valence-electron chi connectivity index (χ3n) is 3.99. The lowest BCUT2D eigenvalue weighted by molar-refractivity contribution is -0.137. The molecule has 0 saturated carbocycles. The van der Waals surface area contributed by atoms with E-state index in [4.69, 9.17) is 0 Å². The van der Waals surface area contributed by atoms with Gasteiger partial charge in [0.15, 0.2) is 0 Å². The van der Waals surface area contributed by atoms with Crippen LogP contribution in [0.3, 0.4) is 0 Å². The molecular weight excluding hydrogens is 313 g/mol. The van der Waals surface area contributed by atoms with Gasteiger partial charge in [-0.05, 0) is 31.0 Å². The van der Waals surface area contributed by atoms with Crippen LogP contribution in [-0.4, -0.2) is 28.4 Å². The maximum absolute atomic E-state index is 12.7. The van der Waals surface area contributed by atoms with Gasteiger partial charge in [-0.25, -0.2) is 4.79 Å². The number of hydrogen-bond acceptors (Lipinski definition) is 3. The van der Waals surface area contributed by atoms with Crippen LogP contribution < -0.4 is 5.32 Å². The second kappa shape index (κ2) is 5.36. The number of halogens is 3. The maximum Gasteiger partial charge on any atom is 0.416 e. The molecule has 0 fully saturated rings. The zero-order valence-electron chi connectivity index (χ0n) is 12.7. The highest BCUT2D eigenvalue weighted by molar-refractivity contribution is 6.18. The number of aliphatic imine (C=N–C) groups is 1. The topological polar surface area (TPSA) is 78.8 Å². The highest BCUT2D eigenvalue weighted by Crippen LogP contribution is 2.32. The van der Waals surface area contributed by atoms with Gasteiger partial charge in [0.05, 0.1) is 11.1 Å². The zero-order valence-corrected chi connectivity index (χ0v) is 12.7. The largest absolute Gasteiger partial charge is 0.478 e. The number of carboxylic acids is 1. The zero-order chi connectivity index (χ0) is 17.6. The van der Waals surface area contributed by atoms with Gasteiger partial charge in [0.2, 0.25) is 0 Å². The first-order valence-electron chi connectivity index (χ1n) is 6.83. The van der Waals surface area contributed by atoms with Crippen LogP contribution in [0.25, 0.3) is 0 Å². The Morgan fingerprint density at radius 2 is 1.96 bits per heavy atom. The Morgan fingerprint density at radius 3 is 2.39 bits per heavy atom. The van der Waals surface area contributed by atoms with Crippen molar-refractivity contribution >= 4 is 17.7 Å². The van der Waals surface area contributed by atoms with Crippen LogP contribution in [0.15, 0.2) is 23.2 Å². The minimum absolute atomic E-state index is 0.0303. The van der Waals surface area contributed by atoms with E-state index in [9.17, 15) is 27.9 Å². The molecule has 1 amide bonds. The molecule has 0 spiro atoms. The second-order valence-corrected chi connectivity index (χ2v) is 5.78. The van der Waals surface area contributed by atoms with E-state index in [1.807, 2.05) is 0 Å². The van der Waals surface area contributed by atoms with Gasteiger partial charge in [-0.3, -0.25) is 9.79 Å². The quantitative estimate of drug-likeness (QED) is 0.895. The van der Waals surface area contributed by atoms with Crippen LogP contribution in [-0.2, 0) is 11.0 Å². The summed E-state index contributed by atoms with van der Waals surface area (Å²) in [6, 6.07) is 2.32. The summed E-state index contributed by atoms with van der Waals surface area (Å²) >= 11 is 0. The highest BCUT2D eigenvalue weighted by Gasteiger charge is 2.43. The van der Waals surface area contributed by atoms with E-state index >= 15 is 0 Å². The van der Waals surface area contributed by atoms with Crippen molar-refractivity contribution in [2.24, 2.45) is 10.9 Å². The molecule has 2 rings (SSSR count). The Morgan fingerprint density at radius 1 is 1.35 bits per heavy atom. The number of aromatic carboxylic acids is 1. The molecule has 0 saturated heterocycles. The SMILES string of the molecule is CC(C)C1(C)N=C(c2ccc(C(F)(F)F)cc2C(=O)O)NC1=O. The lowest BCUT2D eigenvalue weighted by atomic mass is 9.89. The average molecular weight is 328 g/mol. The number of nitrogens with one attached hydrogen (secondary N) is 1. The lowest BCUT2D eigenvalue weighted by Crippen LogP contribution is -2.41. The molecule has 0 aliphatic carbocycles. The summed E-state index contributed by atoms with van der Waals surface area (Å²) < 4.78 is 38.2. The molecule has 0 bridgehead atoms. The van der Waals surface area contributed by atoms with Gasteiger partial charge in [0.1, 0.15) is 11.4 Å². The number of nitrogens with zero attached hydrogens (tertiary/aromatic N) is 1. The molecule has 1 aliphatic rings. The van der Waals surface area contributed by atoms with Gasteiger partial charge in [0, 0.05) is 5.56 Å². The molecule has 1 unspecified atom stereocenters. The molecule has 2 N–H and O–H groups in total. The van der Waals surface area contributed by atoms with Gasteiger partial charge in [-0.1, -0.05) is 13.8 Å². The van der Waals surface area contributed by atoms with Crippen molar-refractivity contribution < 1.29 is 27.9 Å². The first-order valence-corrected chi connectivity index (χ1v) is 6.83. The first-order chi connectivity index (χ1) is 10.5. The number of amides is 1. The van der Waals surface area contributed by atoms with Gasteiger partial charge in [-0.15, -0.1) is 0 Å². The minimum Gasteiger partial charge on any atom is -0.478 e. The second-order valence-electron chi connectivity index (χ2n) is 5.78. The fourth-order valence-electron chi connectivity index (χ4n) is 2.17. The Bertz CT molecular complexity index is 710. The Kier molecular flexibility index (Phi) is 3.96. The Balaban J connectivity index is 2.57. The standard InChI is InChI=1S/C15H15F3N2O3/c1-7(2)14(3)13(23)19-11(20-14)9-5-4-8(15(16,17)18)6-10(9)12(21)22/h4-7H,1-3H3,(H,21,22)(H,19,20,23). The molecular formula is C15H15F3N2O3. The van der Waals surface area contributed by atoms with Crippen molar-refractivity contribution in [1.29, 1.82) is 0 Å². The van der Waals surface area contributed by atoms with E-state index in [0.29, 0.717) is 6.07 Å². The van der Waals surface area contributed by atoms with E-state index in [1.54, 1.807) is 20.8 Å². The predicted molar refractivity (Wildman–Crippen MR) is 76.3 cm³/mol. The average Bonchev–Trinajstić information content (AvgIpc) is 2.74. The summed E-state index contributed by atoms with van der Waals surface area (Å²) in [5.41, 5.74) is -2.78. The van der Waals surface area contributed by atoms with Crippen molar-refractivity contribution in [1.82, 2.24) is 5.32 Å². The number of carboxylic acid groups (broad SMARTS) is 1.